The van der Waals surface area contributed by atoms with E-state index >= 15 is 0 Å². The lowest BCUT2D eigenvalue weighted by Crippen LogP contribution is -2.58. The summed E-state index contributed by atoms with van der Waals surface area (Å²) in [6.07, 6.45) is 3.09. The van der Waals surface area contributed by atoms with Gasteiger partial charge in [0.1, 0.15) is 29.3 Å². The summed E-state index contributed by atoms with van der Waals surface area (Å²) in [5, 5.41) is 4.75. The van der Waals surface area contributed by atoms with Gasteiger partial charge >= 0.3 is 12.1 Å². The van der Waals surface area contributed by atoms with E-state index in [1.807, 2.05) is 30.3 Å². The van der Waals surface area contributed by atoms with E-state index in [4.69, 9.17) is 14.2 Å². The second-order valence-corrected chi connectivity index (χ2v) is 17.0. The number of hydrogen-bond donors (Lipinski definition) is 3. The van der Waals surface area contributed by atoms with E-state index in [0.29, 0.717) is 19.3 Å². The number of nitrogens with zero attached hydrogens (tertiary/aromatic N) is 1. The molecule has 5 unspecified atom stereocenters. The molecule has 4 amide bonds. The highest BCUT2D eigenvalue weighted by Gasteiger charge is 2.62. The van der Waals surface area contributed by atoms with Gasteiger partial charge < -0.3 is 29.7 Å². The summed E-state index contributed by atoms with van der Waals surface area (Å²) in [4.78, 5) is 69.6. The lowest BCUT2D eigenvalue weighted by molar-refractivity contribution is -0.141. The first-order chi connectivity index (χ1) is 25.1. The van der Waals surface area contributed by atoms with Crippen LogP contribution in [0.5, 0.6) is 0 Å². The number of ether oxygens (including phenoxy) is 3. The summed E-state index contributed by atoms with van der Waals surface area (Å²) in [6, 6.07) is 14.2. The van der Waals surface area contributed by atoms with E-state index in [2.05, 4.69) is 15.4 Å². The smallest absolute Gasteiger partial charge is 0.408 e. The topological polar surface area (TPSA) is 187 Å². The van der Waals surface area contributed by atoms with Gasteiger partial charge in [-0.3, -0.25) is 19.1 Å². The lowest BCUT2D eigenvalue weighted by Gasteiger charge is -2.30. The molecule has 53 heavy (non-hydrogen) atoms. The van der Waals surface area contributed by atoms with Gasteiger partial charge in [-0.05, 0) is 76.1 Å². The second kappa shape index (κ2) is 15.3. The van der Waals surface area contributed by atoms with Crippen LogP contribution in [0.2, 0.25) is 0 Å². The Kier molecular flexibility index (Phi) is 11.0. The first kappa shape index (κ1) is 38.0. The van der Waals surface area contributed by atoms with Crippen LogP contribution in [0.4, 0.5) is 4.79 Å². The molecule has 0 bridgehead atoms. The summed E-state index contributed by atoms with van der Waals surface area (Å²) in [5.74, 6) is -3.38. The van der Waals surface area contributed by atoms with Crippen molar-refractivity contribution in [1.29, 1.82) is 0 Å². The molecule has 6 rings (SSSR count). The lowest BCUT2D eigenvalue weighted by atomic mass is 10.0. The Balaban J connectivity index is 1.25. The van der Waals surface area contributed by atoms with Crippen molar-refractivity contribution in [1.82, 2.24) is 20.3 Å². The van der Waals surface area contributed by atoms with E-state index in [1.54, 1.807) is 57.2 Å². The molecule has 0 aromatic heterocycles. The third-order valence-electron chi connectivity index (χ3n) is 9.67. The Bertz CT molecular complexity index is 1860. The van der Waals surface area contributed by atoms with Gasteiger partial charge in [0.25, 0.3) is 5.91 Å². The van der Waals surface area contributed by atoms with Gasteiger partial charge in [0.2, 0.25) is 21.8 Å². The molecular weight excluding hydrogens is 705 g/mol. The summed E-state index contributed by atoms with van der Waals surface area (Å²) >= 11 is 0. The minimum Gasteiger partial charge on any atom is -0.457 e. The summed E-state index contributed by atoms with van der Waals surface area (Å²) < 4.78 is 44.6. The number of carbonyl (C=O) groups excluding carboxylic acids is 5. The average Bonchev–Trinajstić information content (AvgIpc) is 4.03. The molecule has 3 fully saturated rings. The molecule has 1 saturated heterocycles. The number of rotatable bonds is 7. The molecule has 5 atom stereocenters. The molecule has 2 aromatic carbocycles. The standard InChI is InChI=1S/C38H46N4O10S/c1-37(2,3)52-36(47)39-30-12-8-20-50-19-7-11-27-22-38(27,35(46)41-53(48,49)29-17-18-29)40-32(43)31-21-28(23-42(31)33(30)44)51-34(45)26-15-13-25(14-16-26)24-9-5-4-6-10-24/h4-7,9-11,13-16,27-31H,8,12,17-23H2,1-3H3,(H,39,47)(H,40,43)(H,41,46)/b11-7-. The number of sulfonamides is 1. The fraction of sp³-hybridized carbons (Fsp3) is 0.500. The maximum atomic E-state index is 14.3. The van der Waals surface area contributed by atoms with Crippen LogP contribution in [-0.2, 0) is 38.6 Å². The number of carbonyl (C=O) groups is 5. The third-order valence-corrected chi connectivity index (χ3v) is 11.5. The summed E-state index contributed by atoms with van der Waals surface area (Å²) in [6.45, 7) is 5.31. The van der Waals surface area contributed by atoms with Crippen molar-refractivity contribution in [2.45, 2.75) is 93.9 Å². The second-order valence-electron chi connectivity index (χ2n) is 15.0. The zero-order valence-corrected chi connectivity index (χ0v) is 30.9. The predicted octanol–water partition coefficient (Wildman–Crippen LogP) is 3.22. The molecule has 2 aromatic rings. The Morgan fingerprint density at radius 2 is 1.68 bits per heavy atom. The first-order valence-corrected chi connectivity index (χ1v) is 19.5. The number of alkyl carbamates (subject to hydrolysis) is 1. The van der Waals surface area contributed by atoms with Gasteiger partial charge in [-0.2, -0.15) is 0 Å². The van der Waals surface area contributed by atoms with Crippen LogP contribution in [-0.4, -0.2) is 97.4 Å². The highest BCUT2D eigenvalue weighted by atomic mass is 32.2. The van der Waals surface area contributed by atoms with E-state index in [-0.39, 0.29) is 44.6 Å². The molecule has 2 saturated carbocycles. The van der Waals surface area contributed by atoms with Gasteiger partial charge in [-0.15, -0.1) is 0 Å². The van der Waals surface area contributed by atoms with Gasteiger partial charge in [-0.1, -0.05) is 54.6 Å². The van der Waals surface area contributed by atoms with E-state index in [9.17, 15) is 32.4 Å². The average molecular weight is 751 g/mol. The molecule has 3 N–H and O–H groups in total. The predicted molar refractivity (Wildman–Crippen MR) is 193 cm³/mol. The summed E-state index contributed by atoms with van der Waals surface area (Å²) in [5.41, 5.74) is -0.285. The van der Waals surface area contributed by atoms with Crippen LogP contribution in [0.1, 0.15) is 69.7 Å². The molecule has 4 aliphatic rings. The van der Waals surface area contributed by atoms with Gasteiger partial charge in [0.05, 0.1) is 24.0 Å². The number of hydrogen-bond acceptors (Lipinski definition) is 10. The zero-order chi connectivity index (χ0) is 38.0. The van der Waals surface area contributed by atoms with Crippen LogP contribution in [0.3, 0.4) is 0 Å². The summed E-state index contributed by atoms with van der Waals surface area (Å²) in [7, 11) is -3.93. The maximum Gasteiger partial charge on any atom is 0.408 e. The fourth-order valence-electron chi connectivity index (χ4n) is 6.66. The number of esters is 1. The van der Waals surface area contributed by atoms with Crippen LogP contribution in [0.15, 0.2) is 66.7 Å². The molecule has 15 heteroatoms. The highest BCUT2D eigenvalue weighted by Crippen LogP contribution is 2.46. The Labute approximate surface area is 309 Å². The van der Waals surface area contributed by atoms with E-state index in [1.165, 1.54) is 4.90 Å². The normalized spacial score (nSPS) is 27.1. The Hall–Kier alpha value is -4.76. The molecule has 2 aliphatic heterocycles. The van der Waals surface area contributed by atoms with Crippen LogP contribution < -0.4 is 15.4 Å². The molecule has 284 valence electrons. The SMILES string of the molecule is CC(C)(C)OC(=O)NC1CCCOC/C=C\C2CC2(C(=O)NS(=O)(=O)C2CC2)NC(=O)C2CC(OC(=O)c3ccc(-c4ccccc4)cc3)CN2C1=O. The van der Waals surface area contributed by atoms with Crippen molar-refractivity contribution in [3.05, 3.63) is 72.3 Å². The van der Waals surface area contributed by atoms with Crippen molar-refractivity contribution < 1.29 is 46.6 Å². The van der Waals surface area contributed by atoms with E-state index < -0.39 is 80.3 Å². The quantitative estimate of drug-likeness (QED) is 0.280. The fourth-order valence-corrected chi connectivity index (χ4v) is 8.02. The highest BCUT2D eigenvalue weighted by molar-refractivity contribution is 7.91. The third kappa shape index (κ3) is 9.25. The van der Waals surface area contributed by atoms with Crippen molar-refractivity contribution in [2.24, 2.45) is 5.92 Å². The van der Waals surface area contributed by atoms with Crippen molar-refractivity contribution in [3.63, 3.8) is 0 Å². The van der Waals surface area contributed by atoms with Crippen molar-refractivity contribution in [3.8, 4) is 11.1 Å². The molecule has 0 spiro atoms. The van der Waals surface area contributed by atoms with Crippen LogP contribution in [0.25, 0.3) is 11.1 Å². The maximum absolute atomic E-state index is 14.3. The molecule has 2 heterocycles. The Morgan fingerprint density at radius 1 is 0.981 bits per heavy atom. The van der Waals surface area contributed by atoms with Crippen LogP contribution in [0, 0.1) is 5.92 Å². The molecular formula is C38H46N4O10S. The minimum atomic E-state index is -3.93. The van der Waals surface area contributed by atoms with Crippen molar-refractivity contribution in [2.75, 3.05) is 19.8 Å². The largest absolute Gasteiger partial charge is 0.457 e. The number of benzene rings is 2. The Morgan fingerprint density at radius 3 is 2.36 bits per heavy atom. The van der Waals surface area contributed by atoms with Gasteiger partial charge in [-0.25, -0.2) is 18.0 Å². The number of nitrogens with one attached hydrogen (secondary N) is 3. The zero-order valence-electron chi connectivity index (χ0n) is 30.0. The van der Waals surface area contributed by atoms with Crippen molar-refractivity contribution >= 4 is 39.8 Å². The molecule has 2 aliphatic carbocycles. The van der Waals surface area contributed by atoms with Gasteiger partial charge in [0.15, 0.2) is 0 Å². The van der Waals surface area contributed by atoms with Crippen LogP contribution >= 0.6 is 0 Å². The molecule has 0 radical (unpaired) electrons. The van der Waals surface area contributed by atoms with E-state index in [0.717, 1.165) is 11.1 Å². The molecule has 14 nitrogen and oxygen atoms in total. The number of fused-ring (bicyclic) bond motifs is 2. The van der Waals surface area contributed by atoms with Gasteiger partial charge in [0, 0.05) is 18.9 Å². The number of amides is 4. The first-order valence-electron chi connectivity index (χ1n) is 17.9. The monoisotopic (exact) mass is 750 g/mol. The minimum absolute atomic E-state index is 0.105.